The molecule has 1 aliphatic heterocycles. The van der Waals surface area contributed by atoms with Crippen LogP contribution in [0.1, 0.15) is 25.3 Å². The number of carbonyl (C=O) groups excluding carboxylic acids is 3. The summed E-state index contributed by atoms with van der Waals surface area (Å²) >= 11 is 0. The summed E-state index contributed by atoms with van der Waals surface area (Å²) in [6.45, 7) is 3.43. The Balaban J connectivity index is 1.76. The average molecular weight is 301 g/mol. The monoisotopic (exact) mass is 301 g/mol. The molecular formula is C16H19N3O3. The second kappa shape index (κ2) is 5.44. The van der Waals surface area contributed by atoms with Gasteiger partial charge in [0.15, 0.2) is 0 Å². The highest BCUT2D eigenvalue weighted by Gasteiger charge is 2.44. The van der Waals surface area contributed by atoms with Gasteiger partial charge in [-0.15, -0.1) is 0 Å². The van der Waals surface area contributed by atoms with Crippen LogP contribution in [0.3, 0.4) is 0 Å². The van der Waals surface area contributed by atoms with E-state index in [-0.39, 0.29) is 24.4 Å². The summed E-state index contributed by atoms with van der Waals surface area (Å²) in [5.41, 5.74) is 1.75. The van der Waals surface area contributed by atoms with Gasteiger partial charge in [-0.2, -0.15) is 0 Å². The number of urea groups is 1. The van der Waals surface area contributed by atoms with Crippen molar-refractivity contribution in [2.75, 3.05) is 11.4 Å². The summed E-state index contributed by atoms with van der Waals surface area (Å²) in [6, 6.07) is 6.59. The predicted molar refractivity (Wildman–Crippen MR) is 81.4 cm³/mol. The molecule has 0 bridgehead atoms. The maximum Gasteiger partial charge on any atom is 0.332 e. The fourth-order valence-corrected chi connectivity index (χ4v) is 2.56. The first kappa shape index (κ1) is 14.6. The minimum atomic E-state index is -0.594. The lowest BCUT2D eigenvalue weighted by atomic mass is 10.2. The summed E-state index contributed by atoms with van der Waals surface area (Å²) in [7, 11) is 0. The van der Waals surface area contributed by atoms with Crippen LogP contribution < -0.4 is 10.2 Å². The van der Waals surface area contributed by atoms with Crippen LogP contribution in [0.15, 0.2) is 24.3 Å². The highest BCUT2D eigenvalue weighted by Crippen LogP contribution is 2.26. The molecule has 6 nitrogen and oxygen atoms in total. The van der Waals surface area contributed by atoms with Gasteiger partial charge in [-0.25, -0.2) is 4.79 Å². The molecule has 2 aliphatic rings. The minimum Gasteiger partial charge on any atom is -0.352 e. The number of hydrogen-bond acceptors (Lipinski definition) is 3. The van der Waals surface area contributed by atoms with Crippen molar-refractivity contribution in [3.63, 3.8) is 0 Å². The number of aryl methyl sites for hydroxylation is 1. The summed E-state index contributed by atoms with van der Waals surface area (Å²) in [5, 5.41) is 2.80. The number of anilines is 1. The second-order valence-electron chi connectivity index (χ2n) is 5.93. The van der Waals surface area contributed by atoms with E-state index in [1.807, 2.05) is 31.2 Å². The van der Waals surface area contributed by atoms with Gasteiger partial charge in [0.25, 0.3) is 5.91 Å². The largest absolute Gasteiger partial charge is 0.352 e. The van der Waals surface area contributed by atoms with Gasteiger partial charge >= 0.3 is 6.03 Å². The normalized spacial score (nSPS) is 21.5. The number of carbonyl (C=O) groups is 3. The topological polar surface area (TPSA) is 69.7 Å². The third kappa shape index (κ3) is 2.68. The van der Waals surface area contributed by atoms with Crippen molar-refractivity contribution in [3.05, 3.63) is 29.8 Å². The summed E-state index contributed by atoms with van der Waals surface area (Å²) in [6.07, 6.45) is 1.94. The van der Waals surface area contributed by atoms with Crippen molar-refractivity contribution in [1.29, 1.82) is 0 Å². The predicted octanol–water partition coefficient (Wildman–Crippen LogP) is 1.43. The Hall–Kier alpha value is -2.37. The van der Waals surface area contributed by atoms with Gasteiger partial charge in [0.1, 0.15) is 12.6 Å². The van der Waals surface area contributed by atoms with E-state index in [4.69, 9.17) is 0 Å². The molecular weight excluding hydrogens is 282 g/mol. The molecule has 22 heavy (non-hydrogen) atoms. The maximum atomic E-state index is 12.5. The maximum absolute atomic E-state index is 12.5. The molecule has 1 aromatic carbocycles. The molecule has 6 heteroatoms. The van der Waals surface area contributed by atoms with Crippen LogP contribution in [0.5, 0.6) is 0 Å². The Labute approximate surface area is 129 Å². The molecule has 1 saturated heterocycles. The lowest BCUT2D eigenvalue weighted by Crippen LogP contribution is -2.42. The summed E-state index contributed by atoms with van der Waals surface area (Å²) in [5.74, 6) is -0.612. The van der Waals surface area contributed by atoms with Gasteiger partial charge in [0.2, 0.25) is 5.91 Å². The molecule has 1 N–H and O–H groups in total. The van der Waals surface area contributed by atoms with Crippen LogP contribution in [0, 0.1) is 6.92 Å². The molecule has 1 heterocycles. The lowest BCUT2D eigenvalue weighted by molar-refractivity contribution is -0.131. The number of rotatable bonds is 4. The van der Waals surface area contributed by atoms with Gasteiger partial charge in [0, 0.05) is 11.7 Å². The van der Waals surface area contributed by atoms with Crippen LogP contribution in [0.4, 0.5) is 10.5 Å². The number of nitrogens with zero attached hydrogens (tertiary/aromatic N) is 2. The van der Waals surface area contributed by atoms with Crippen molar-refractivity contribution < 1.29 is 14.4 Å². The SMILES string of the molecule is Cc1ccc(N2C(=O)N(CC(=O)NC3CC3)C(=O)[C@H]2C)cc1. The van der Waals surface area contributed by atoms with Crippen molar-refractivity contribution in [2.24, 2.45) is 0 Å². The van der Waals surface area contributed by atoms with E-state index in [1.165, 1.54) is 4.90 Å². The number of nitrogens with one attached hydrogen (secondary N) is 1. The molecule has 4 amide bonds. The van der Waals surface area contributed by atoms with E-state index in [9.17, 15) is 14.4 Å². The highest BCUT2D eigenvalue weighted by atomic mass is 16.2. The van der Waals surface area contributed by atoms with Crippen LogP contribution in [0.2, 0.25) is 0 Å². The Morgan fingerprint density at radius 1 is 1.23 bits per heavy atom. The van der Waals surface area contributed by atoms with Crippen LogP contribution >= 0.6 is 0 Å². The molecule has 116 valence electrons. The first-order valence-electron chi connectivity index (χ1n) is 7.48. The highest BCUT2D eigenvalue weighted by molar-refractivity contribution is 6.15. The summed E-state index contributed by atoms with van der Waals surface area (Å²) in [4.78, 5) is 39.1. The van der Waals surface area contributed by atoms with E-state index in [0.29, 0.717) is 5.69 Å². The lowest BCUT2D eigenvalue weighted by Gasteiger charge is -2.19. The molecule has 0 spiro atoms. The fraction of sp³-hybridized carbons (Fsp3) is 0.438. The van der Waals surface area contributed by atoms with E-state index in [2.05, 4.69) is 5.32 Å². The Bertz CT molecular complexity index is 622. The number of hydrogen-bond donors (Lipinski definition) is 1. The zero-order valence-corrected chi connectivity index (χ0v) is 12.7. The molecule has 1 aromatic rings. The van der Waals surface area contributed by atoms with Gasteiger partial charge in [-0.3, -0.25) is 19.4 Å². The third-order valence-electron chi connectivity index (χ3n) is 4.00. The molecule has 2 fully saturated rings. The van der Waals surface area contributed by atoms with Crippen LogP contribution in [0.25, 0.3) is 0 Å². The average Bonchev–Trinajstić information content (AvgIpc) is 3.26. The van der Waals surface area contributed by atoms with Crippen molar-refractivity contribution in [1.82, 2.24) is 10.2 Å². The number of benzene rings is 1. The molecule has 1 aliphatic carbocycles. The van der Waals surface area contributed by atoms with Gasteiger partial charge in [0.05, 0.1) is 0 Å². The minimum absolute atomic E-state index is 0.207. The van der Waals surface area contributed by atoms with Crippen molar-refractivity contribution in [3.8, 4) is 0 Å². The third-order valence-corrected chi connectivity index (χ3v) is 4.00. The standard InChI is InChI=1S/C16H19N3O3/c1-10-3-7-13(8-4-10)19-11(2)15(21)18(16(19)22)9-14(20)17-12-5-6-12/h3-4,7-8,11-12H,5-6,9H2,1-2H3,(H,17,20)/t11-/m1/s1. The Kier molecular flexibility index (Phi) is 3.60. The molecule has 3 rings (SSSR count). The quantitative estimate of drug-likeness (QED) is 0.855. The van der Waals surface area contributed by atoms with Gasteiger partial charge in [-0.1, -0.05) is 17.7 Å². The van der Waals surface area contributed by atoms with Crippen LogP contribution in [-0.4, -0.2) is 41.4 Å². The summed E-state index contributed by atoms with van der Waals surface area (Å²) < 4.78 is 0. The van der Waals surface area contributed by atoms with Crippen molar-refractivity contribution >= 4 is 23.5 Å². The molecule has 0 unspecified atom stereocenters. The zero-order chi connectivity index (χ0) is 15.9. The van der Waals surface area contributed by atoms with E-state index in [0.717, 1.165) is 23.3 Å². The fourth-order valence-electron chi connectivity index (χ4n) is 2.56. The van der Waals surface area contributed by atoms with Crippen molar-refractivity contribution in [2.45, 2.75) is 38.8 Å². The zero-order valence-electron chi connectivity index (χ0n) is 12.7. The molecule has 0 radical (unpaired) electrons. The van der Waals surface area contributed by atoms with Gasteiger partial charge < -0.3 is 5.32 Å². The van der Waals surface area contributed by atoms with Crippen LogP contribution in [-0.2, 0) is 9.59 Å². The van der Waals surface area contributed by atoms with E-state index in [1.54, 1.807) is 6.92 Å². The number of amides is 4. The molecule has 0 aromatic heterocycles. The first-order chi connectivity index (χ1) is 10.5. The van der Waals surface area contributed by atoms with E-state index < -0.39 is 12.1 Å². The van der Waals surface area contributed by atoms with Gasteiger partial charge in [-0.05, 0) is 38.8 Å². The van der Waals surface area contributed by atoms with E-state index >= 15 is 0 Å². The molecule has 1 atom stereocenters. The Morgan fingerprint density at radius 3 is 2.45 bits per heavy atom. The number of imide groups is 1. The Morgan fingerprint density at radius 2 is 1.86 bits per heavy atom. The molecule has 1 saturated carbocycles. The first-order valence-corrected chi connectivity index (χ1v) is 7.48. The smallest absolute Gasteiger partial charge is 0.332 e. The second-order valence-corrected chi connectivity index (χ2v) is 5.93.